The molecule has 1 atom stereocenters. The first-order chi connectivity index (χ1) is 10.3. The maximum absolute atomic E-state index is 12.4. The Balaban J connectivity index is 1.70. The number of halogens is 3. The van der Waals surface area contributed by atoms with Gasteiger partial charge in [-0.15, -0.1) is 11.3 Å². The molecule has 4 nitrogen and oxygen atoms in total. The van der Waals surface area contributed by atoms with E-state index in [2.05, 4.69) is 22.1 Å². The van der Waals surface area contributed by atoms with Crippen molar-refractivity contribution >= 4 is 17.2 Å². The van der Waals surface area contributed by atoms with Crippen molar-refractivity contribution in [2.45, 2.75) is 32.4 Å². The van der Waals surface area contributed by atoms with E-state index in [1.54, 1.807) is 0 Å². The number of rotatable bonds is 5. The van der Waals surface area contributed by atoms with E-state index in [0.29, 0.717) is 12.5 Å². The van der Waals surface area contributed by atoms with Crippen LogP contribution in [0.1, 0.15) is 30.5 Å². The molecule has 1 amide bonds. The van der Waals surface area contributed by atoms with Crippen LogP contribution in [0.4, 0.5) is 13.2 Å². The Morgan fingerprint density at radius 1 is 1.55 bits per heavy atom. The number of carbonyl (C=O) groups is 1. The summed E-state index contributed by atoms with van der Waals surface area (Å²) in [5.74, 6) is 0.397. The molecule has 1 aliphatic heterocycles. The van der Waals surface area contributed by atoms with Crippen molar-refractivity contribution in [3.05, 3.63) is 16.1 Å². The van der Waals surface area contributed by atoms with Crippen LogP contribution in [0, 0.1) is 5.92 Å². The normalized spacial score (nSPS) is 20.1. The van der Waals surface area contributed by atoms with Crippen LogP contribution in [0.25, 0.3) is 0 Å². The molecule has 0 spiro atoms. The van der Waals surface area contributed by atoms with Crippen LogP contribution in [0.15, 0.2) is 5.38 Å². The van der Waals surface area contributed by atoms with Crippen LogP contribution < -0.4 is 5.32 Å². The van der Waals surface area contributed by atoms with Crippen LogP contribution in [0.3, 0.4) is 0 Å². The minimum atomic E-state index is -4.45. The second kappa shape index (κ2) is 7.41. The van der Waals surface area contributed by atoms with Crippen LogP contribution >= 0.6 is 11.3 Å². The molecular weight excluding hydrogens is 315 g/mol. The van der Waals surface area contributed by atoms with Gasteiger partial charge in [0, 0.05) is 25.0 Å². The number of carbonyl (C=O) groups excluding carboxylic acids is 1. The zero-order valence-corrected chi connectivity index (χ0v) is 13.3. The maximum atomic E-state index is 12.4. The Morgan fingerprint density at radius 2 is 2.32 bits per heavy atom. The van der Waals surface area contributed by atoms with E-state index in [0.717, 1.165) is 36.4 Å². The lowest BCUT2D eigenvalue weighted by molar-refractivity contribution is -0.141. The summed E-state index contributed by atoms with van der Waals surface area (Å²) in [6.45, 7) is 5.59. The lowest BCUT2D eigenvalue weighted by atomic mass is 10.0. The smallest absolute Gasteiger partial charge is 0.354 e. The van der Waals surface area contributed by atoms with E-state index in [1.807, 2.05) is 0 Å². The molecule has 1 aliphatic rings. The first-order valence-corrected chi connectivity index (χ1v) is 8.23. The number of amides is 1. The Morgan fingerprint density at radius 3 is 2.95 bits per heavy atom. The highest BCUT2D eigenvalue weighted by Gasteiger charge is 2.33. The van der Waals surface area contributed by atoms with Gasteiger partial charge >= 0.3 is 6.18 Å². The number of thiazole rings is 1. The van der Waals surface area contributed by atoms with Gasteiger partial charge in [-0.2, -0.15) is 13.2 Å². The van der Waals surface area contributed by atoms with Crippen LogP contribution in [0.5, 0.6) is 0 Å². The molecule has 2 rings (SSSR count). The fourth-order valence-electron chi connectivity index (χ4n) is 2.57. The zero-order valence-electron chi connectivity index (χ0n) is 12.4. The molecule has 0 aromatic carbocycles. The molecule has 0 bridgehead atoms. The number of aromatic nitrogens is 1. The SMILES string of the molecule is CC1CCCN(CCNC(=O)Cc2nc(C(F)(F)F)cs2)C1. The largest absolute Gasteiger partial charge is 0.434 e. The van der Waals surface area contributed by atoms with E-state index in [-0.39, 0.29) is 17.3 Å². The molecular formula is C14H20F3N3OS. The van der Waals surface area contributed by atoms with Gasteiger partial charge in [0.2, 0.25) is 5.91 Å². The molecule has 8 heteroatoms. The second-order valence-electron chi connectivity index (χ2n) is 5.70. The van der Waals surface area contributed by atoms with Crippen molar-refractivity contribution in [3.63, 3.8) is 0 Å². The zero-order chi connectivity index (χ0) is 16.2. The quantitative estimate of drug-likeness (QED) is 0.899. The van der Waals surface area contributed by atoms with Gasteiger partial charge in [-0.3, -0.25) is 4.79 Å². The van der Waals surface area contributed by atoms with Gasteiger partial charge in [-0.25, -0.2) is 4.98 Å². The molecule has 0 aliphatic carbocycles. The number of nitrogens with zero attached hydrogens (tertiary/aromatic N) is 2. The summed E-state index contributed by atoms with van der Waals surface area (Å²) in [6.07, 6.45) is -2.13. The van der Waals surface area contributed by atoms with E-state index >= 15 is 0 Å². The molecule has 1 fully saturated rings. The Labute approximate surface area is 131 Å². The van der Waals surface area contributed by atoms with Gasteiger partial charge in [-0.1, -0.05) is 6.92 Å². The molecule has 124 valence electrons. The van der Waals surface area contributed by atoms with E-state index in [9.17, 15) is 18.0 Å². The summed E-state index contributed by atoms with van der Waals surface area (Å²) < 4.78 is 37.3. The fourth-order valence-corrected chi connectivity index (χ4v) is 3.36. The number of nitrogens with one attached hydrogen (secondary N) is 1. The molecule has 1 aromatic heterocycles. The van der Waals surface area contributed by atoms with Crippen LogP contribution in [-0.4, -0.2) is 42.0 Å². The number of likely N-dealkylation sites (tertiary alicyclic amines) is 1. The second-order valence-corrected chi connectivity index (χ2v) is 6.64. The first kappa shape index (κ1) is 17.2. The van der Waals surface area contributed by atoms with Gasteiger partial charge in [0.05, 0.1) is 6.42 Å². The summed E-state index contributed by atoms with van der Waals surface area (Å²) in [7, 11) is 0. The van der Waals surface area contributed by atoms with Crippen molar-refractivity contribution in [1.29, 1.82) is 0 Å². The first-order valence-electron chi connectivity index (χ1n) is 7.35. The molecule has 22 heavy (non-hydrogen) atoms. The lowest BCUT2D eigenvalue weighted by Gasteiger charge is -2.30. The van der Waals surface area contributed by atoms with Gasteiger partial charge in [-0.05, 0) is 25.3 Å². The highest BCUT2D eigenvalue weighted by atomic mass is 32.1. The average molecular weight is 335 g/mol. The third-order valence-corrected chi connectivity index (χ3v) is 4.49. The molecule has 2 heterocycles. The van der Waals surface area contributed by atoms with Crippen LogP contribution in [-0.2, 0) is 17.4 Å². The summed E-state index contributed by atoms with van der Waals surface area (Å²) >= 11 is 0.864. The molecule has 0 radical (unpaired) electrons. The van der Waals surface area contributed by atoms with Gasteiger partial charge in [0.15, 0.2) is 5.69 Å². The summed E-state index contributed by atoms with van der Waals surface area (Å²) in [5, 5.41) is 3.88. The fraction of sp³-hybridized carbons (Fsp3) is 0.714. The summed E-state index contributed by atoms with van der Waals surface area (Å²) in [6, 6.07) is 0. The van der Waals surface area contributed by atoms with Gasteiger partial charge in [0.1, 0.15) is 5.01 Å². The predicted molar refractivity (Wildman–Crippen MR) is 78.7 cm³/mol. The third kappa shape index (κ3) is 5.24. The number of hydrogen-bond acceptors (Lipinski definition) is 4. The van der Waals surface area contributed by atoms with Crippen LogP contribution in [0.2, 0.25) is 0 Å². The Bertz CT molecular complexity index is 504. The van der Waals surface area contributed by atoms with E-state index in [1.165, 1.54) is 12.8 Å². The third-order valence-electron chi connectivity index (χ3n) is 3.65. The molecule has 1 unspecified atom stereocenters. The predicted octanol–water partition coefficient (Wildman–Crippen LogP) is 2.55. The molecule has 1 aromatic rings. The van der Waals surface area contributed by atoms with E-state index < -0.39 is 11.9 Å². The number of piperidine rings is 1. The Hall–Kier alpha value is -1.15. The monoisotopic (exact) mass is 335 g/mol. The van der Waals surface area contributed by atoms with Crippen molar-refractivity contribution in [3.8, 4) is 0 Å². The van der Waals surface area contributed by atoms with Crippen molar-refractivity contribution < 1.29 is 18.0 Å². The maximum Gasteiger partial charge on any atom is 0.434 e. The molecule has 1 N–H and O–H groups in total. The van der Waals surface area contributed by atoms with Gasteiger partial charge < -0.3 is 10.2 Å². The topological polar surface area (TPSA) is 45.2 Å². The van der Waals surface area contributed by atoms with Gasteiger partial charge in [0.25, 0.3) is 0 Å². The average Bonchev–Trinajstić information content (AvgIpc) is 2.87. The summed E-state index contributed by atoms with van der Waals surface area (Å²) in [5.41, 5.74) is -0.928. The summed E-state index contributed by atoms with van der Waals surface area (Å²) in [4.78, 5) is 17.5. The lowest BCUT2D eigenvalue weighted by Crippen LogP contribution is -2.40. The van der Waals surface area contributed by atoms with Crippen molar-refractivity contribution in [2.24, 2.45) is 5.92 Å². The molecule has 0 saturated carbocycles. The van der Waals surface area contributed by atoms with Crippen molar-refractivity contribution in [2.75, 3.05) is 26.2 Å². The standard InChI is InChI=1S/C14H20F3N3OS/c1-10-3-2-5-20(8-10)6-4-18-12(21)7-13-19-11(9-22-13)14(15,16)17/h9-10H,2-8H2,1H3,(H,18,21). The van der Waals surface area contributed by atoms with Crippen molar-refractivity contribution in [1.82, 2.24) is 15.2 Å². The highest BCUT2D eigenvalue weighted by Crippen LogP contribution is 2.30. The minimum Gasteiger partial charge on any atom is -0.354 e. The highest BCUT2D eigenvalue weighted by molar-refractivity contribution is 7.09. The molecule has 1 saturated heterocycles. The number of alkyl halides is 3. The minimum absolute atomic E-state index is 0.100. The number of hydrogen-bond donors (Lipinski definition) is 1. The van der Waals surface area contributed by atoms with E-state index in [4.69, 9.17) is 0 Å². The Kier molecular flexibility index (Phi) is 5.80.